The molecular formula is C26H27Cl3N2O4S. The molecule has 0 aliphatic carbocycles. The first-order valence-electron chi connectivity index (χ1n) is 11.0. The van der Waals surface area contributed by atoms with Crippen molar-refractivity contribution in [2.75, 3.05) is 12.9 Å². The van der Waals surface area contributed by atoms with Crippen LogP contribution in [0.2, 0.25) is 15.1 Å². The molecule has 0 saturated carbocycles. The summed E-state index contributed by atoms with van der Waals surface area (Å²) in [6.45, 7) is 5.56. The molecule has 36 heavy (non-hydrogen) atoms. The van der Waals surface area contributed by atoms with Gasteiger partial charge in [-0.25, -0.2) is 8.42 Å². The van der Waals surface area contributed by atoms with Gasteiger partial charge in [0.15, 0.2) is 9.84 Å². The fourth-order valence-corrected chi connectivity index (χ4v) is 5.51. The van der Waals surface area contributed by atoms with E-state index in [0.29, 0.717) is 21.2 Å². The van der Waals surface area contributed by atoms with Gasteiger partial charge in [0.05, 0.1) is 33.2 Å². The number of benzene rings is 3. The molecule has 6 nitrogen and oxygen atoms in total. The van der Waals surface area contributed by atoms with Crippen LogP contribution < -0.4 is 15.8 Å². The first kappa shape index (κ1) is 28.3. The number of nitrogens with one attached hydrogen (secondary N) is 1. The van der Waals surface area contributed by atoms with Crippen LogP contribution in [0.25, 0.3) is 0 Å². The minimum Gasteiger partial charge on any atom is -0.493 e. The third kappa shape index (κ3) is 5.66. The quantitative estimate of drug-likeness (QED) is 0.348. The lowest BCUT2D eigenvalue weighted by Gasteiger charge is -2.45. The van der Waals surface area contributed by atoms with Gasteiger partial charge >= 0.3 is 0 Å². The van der Waals surface area contributed by atoms with Crippen molar-refractivity contribution in [1.29, 1.82) is 0 Å². The second-order valence-electron chi connectivity index (χ2n) is 8.78. The molecule has 192 valence electrons. The van der Waals surface area contributed by atoms with Crippen molar-refractivity contribution < 1.29 is 17.9 Å². The van der Waals surface area contributed by atoms with E-state index < -0.39 is 26.8 Å². The maximum Gasteiger partial charge on any atom is 0.255 e. The molecule has 0 unspecified atom stereocenters. The van der Waals surface area contributed by atoms with Gasteiger partial charge in [-0.3, -0.25) is 4.79 Å². The minimum absolute atomic E-state index is 0.00812. The smallest absolute Gasteiger partial charge is 0.255 e. The normalized spacial score (nSPS) is 15.0. The van der Waals surface area contributed by atoms with E-state index in [0.717, 1.165) is 6.26 Å². The zero-order valence-corrected chi connectivity index (χ0v) is 23.3. The highest BCUT2D eigenvalue weighted by Crippen LogP contribution is 2.40. The van der Waals surface area contributed by atoms with E-state index in [1.807, 2.05) is 0 Å². The SMILES string of the molecule is CCOc1cc(Cl)c(S(C)(=O)=O)cc1C(=O)N[C@@](C)(c1ccc(Cl)cc1)[C@](C)(N)c1ccc(Cl)cc1. The van der Waals surface area contributed by atoms with Crippen LogP contribution >= 0.6 is 34.8 Å². The van der Waals surface area contributed by atoms with Crippen LogP contribution in [0.15, 0.2) is 65.6 Å². The lowest BCUT2D eigenvalue weighted by molar-refractivity contribution is 0.0840. The molecule has 3 aromatic rings. The van der Waals surface area contributed by atoms with Gasteiger partial charge in [-0.15, -0.1) is 0 Å². The number of ether oxygens (including phenoxy) is 1. The number of rotatable bonds is 8. The van der Waals surface area contributed by atoms with Crippen molar-refractivity contribution >= 4 is 50.5 Å². The number of hydrogen-bond donors (Lipinski definition) is 2. The Balaban J connectivity index is 2.19. The average molecular weight is 570 g/mol. The van der Waals surface area contributed by atoms with Crippen LogP contribution in [0.4, 0.5) is 0 Å². The third-order valence-electron chi connectivity index (χ3n) is 6.25. The Morgan fingerprint density at radius 1 is 0.944 bits per heavy atom. The fourth-order valence-electron chi connectivity index (χ4n) is 3.94. The Bertz CT molecular complexity index is 1380. The Hall–Kier alpha value is -2.29. The van der Waals surface area contributed by atoms with Gasteiger partial charge in [-0.2, -0.15) is 0 Å². The molecule has 3 N–H and O–H groups in total. The van der Waals surface area contributed by atoms with Crippen molar-refractivity contribution in [3.8, 4) is 5.75 Å². The van der Waals surface area contributed by atoms with Gasteiger partial charge in [-0.1, -0.05) is 59.1 Å². The summed E-state index contributed by atoms with van der Waals surface area (Å²) in [7, 11) is -3.72. The maximum absolute atomic E-state index is 13.8. The Morgan fingerprint density at radius 2 is 1.44 bits per heavy atom. The second-order valence-corrected chi connectivity index (χ2v) is 12.0. The predicted octanol–water partition coefficient (Wildman–Crippen LogP) is 5.97. The Kier molecular flexibility index (Phi) is 8.33. The zero-order valence-electron chi connectivity index (χ0n) is 20.2. The molecule has 0 spiro atoms. The van der Waals surface area contributed by atoms with Crippen LogP contribution in [0.3, 0.4) is 0 Å². The molecule has 3 aromatic carbocycles. The van der Waals surface area contributed by atoms with Crippen LogP contribution in [0.1, 0.15) is 42.3 Å². The fraction of sp³-hybridized carbons (Fsp3) is 0.269. The van der Waals surface area contributed by atoms with Crippen molar-refractivity contribution in [2.24, 2.45) is 5.73 Å². The first-order valence-corrected chi connectivity index (χ1v) is 14.0. The molecule has 0 fully saturated rings. The molecule has 0 aromatic heterocycles. The molecule has 1 amide bonds. The summed E-state index contributed by atoms with van der Waals surface area (Å²) in [5.41, 5.74) is 5.99. The minimum atomic E-state index is -3.72. The van der Waals surface area contributed by atoms with Gasteiger partial charge in [0.25, 0.3) is 5.91 Å². The van der Waals surface area contributed by atoms with Crippen LogP contribution in [0, 0.1) is 0 Å². The molecule has 0 aliphatic heterocycles. The van der Waals surface area contributed by atoms with Crippen molar-refractivity contribution in [2.45, 2.75) is 36.7 Å². The molecule has 0 heterocycles. The summed E-state index contributed by atoms with van der Waals surface area (Å²) in [6, 6.07) is 16.5. The number of hydrogen-bond acceptors (Lipinski definition) is 5. The van der Waals surface area contributed by atoms with E-state index in [2.05, 4.69) is 5.32 Å². The van der Waals surface area contributed by atoms with E-state index in [4.69, 9.17) is 45.3 Å². The van der Waals surface area contributed by atoms with Gasteiger partial charge in [-0.05, 0) is 62.2 Å². The largest absolute Gasteiger partial charge is 0.493 e. The summed E-state index contributed by atoms with van der Waals surface area (Å²) >= 11 is 18.4. The lowest BCUT2D eigenvalue weighted by Crippen LogP contribution is -2.61. The number of halogens is 3. The van der Waals surface area contributed by atoms with E-state index in [9.17, 15) is 13.2 Å². The third-order valence-corrected chi connectivity index (χ3v) is 8.31. The summed E-state index contributed by atoms with van der Waals surface area (Å²) in [5, 5.41) is 4.06. The number of nitrogens with two attached hydrogens (primary N) is 1. The monoisotopic (exact) mass is 568 g/mol. The van der Waals surface area contributed by atoms with Gasteiger partial charge in [0.1, 0.15) is 5.75 Å². The molecule has 0 bridgehead atoms. The number of carbonyl (C=O) groups excluding carboxylic acids is 1. The van der Waals surface area contributed by atoms with Crippen LogP contribution in [-0.2, 0) is 20.9 Å². The second kappa shape index (κ2) is 10.6. The average Bonchev–Trinajstić information content (AvgIpc) is 2.79. The molecule has 0 saturated heterocycles. The van der Waals surface area contributed by atoms with Crippen molar-refractivity contribution in [3.05, 3.63) is 92.4 Å². The maximum atomic E-state index is 13.8. The first-order chi connectivity index (χ1) is 16.7. The van der Waals surface area contributed by atoms with Crippen LogP contribution in [-0.4, -0.2) is 27.2 Å². The Morgan fingerprint density at radius 3 is 1.92 bits per heavy atom. The molecular weight excluding hydrogens is 543 g/mol. The zero-order chi connectivity index (χ0) is 26.9. The summed E-state index contributed by atoms with van der Waals surface area (Å²) in [6.07, 6.45) is 1.02. The highest BCUT2D eigenvalue weighted by Gasteiger charge is 2.46. The van der Waals surface area contributed by atoms with E-state index in [-0.39, 0.29) is 27.8 Å². The van der Waals surface area contributed by atoms with Gasteiger partial charge in [0.2, 0.25) is 0 Å². The van der Waals surface area contributed by atoms with Gasteiger partial charge < -0.3 is 15.8 Å². The van der Waals surface area contributed by atoms with Gasteiger partial charge in [0, 0.05) is 22.4 Å². The highest BCUT2D eigenvalue weighted by molar-refractivity contribution is 7.90. The molecule has 0 aliphatic rings. The number of carbonyl (C=O) groups is 1. The highest BCUT2D eigenvalue weighted by atomic mass is 35.5. The number of sulfone groups is 1. The molecule has 2 atom stereocenters. The standard InChI is InChI=1S/C26H27Cl3N2O4S/c1-5-35-22-15-21(29)23(36(4,33)34)14-20(22)24(32)31-26(3,17-8-12-19(28)13-9-17)25(2,30)16-6-10-18(27)11-7-16/h6-15H,5,30H2,1-4H3,(H,31,32)/t25-,26+/m1/s1. The van der Waals surface area contributed by atoms with Crippen molar-refractivity contribution in [3.63, 3.8) is 0 Å². The summed E-state index contributed by atoms with van der Waals surface area (Å²) in [5.74, 6) is -0.445. The molecule has 10 heteroatoms. The molecule has 0 radical (unpaired) electrons. The van der Waals surface area contributed by atoms with E-state index >= 15 is 0 Å². The summed E-state index contributed by atoms with van der Waals surface area (Å²) < 4.78 is 30.2. The van der Waals surface area contributed by atoms with E-state index in [1.54, 1.807) is 69.3 Å². The van der Waals surface area contributed by atoms with Crippen LogP contribution in [0.5, 0.6) is 5.75 Å². The molecule has 3 rings (SSSR count). The number of amides is 1. The lowest BCUT2D eigenvalue weighted by atomic mass is 9.71. The Labute approximate surface area is 226 Å². The predicted molar refractivity (Wildman–Crippen MR) is 145 cm³/mol. The summed E-state index contributed by atoms with van der Waals surface area (Å²) in [4.78, 5) is 13.6. The van der Waals surface area contributed by atoms with E-state index in [1.165, 1.54) is 12.1 Å². The topological polar surface area (TPSA) is 98.5 Å². The van der Waals surface area contributed by atoms with Crippen molar-refractivity contribution in [1.82, 2.24) is 5.32 Å².